The lowest BCUT2D eigenvalue weighted by molar-refractivity contribution is -0.131. The highest BCUT2D eigenvalue weighted by atomic mass is 16.5. The summed E-state index contributed by atoms with van der Waals surface area (Å²) in [5.41, 5.74) is 2.90. The van der Waals surface area contributed by atoms with Crippen LogP contribution in [0, 0.1) is 17.8 Å². The third kappa shape index (κ3) is 3.63. The molecule has 0 radical (unpaired) electrons. The van der Waals surface area contributed by atoms with Crippen molar-refractivity contribution in [2.24, 2.45) is 17.8 Å². The molecular formula is C13H23NO2. The summed E-state index contributed by atoms with van der Waals surface area (Å²) in [7, 11) is 0. The second kappa shape index (κ2) is 6.04. The largest absolute Gasteiger partial charge is 0.289 e. The van der Waals surface area contributed by atoms with E-state index in [0.717, 1.165) is 24.7 Å². The molecule has 0 bridgehead atoms. The zero-order valence-electron chi connectivity index (χ0n) is 10.5. The van der Waals surface area contributed by atoms with Gasteiger partial charge in [-0.3, -0.25) is 10.0 Å². The van der Waals surface area contributed by atoms with Crippen LogP contribution in [0.2, 0.25) is 0 Å². The molecule has 0 saturated carbocycles. The maximum absolute atomic E-state index is 11.3. The van der Waals surface area contributed by atoms with Gasteiger partial charge in [0.2, 0.25) is 5.91 Å². The van der Waals surface area contributed by atoms with E-state index in [1.807, 2.05) is 6.92 Å². The Morgan fingerprint density at radius 2 is 2.25 bits per heavy atom. The fourth-order valence-corrected chi connectivity index (χ4v) is 2.45. The Balaban J connectivity index is 2.49. The summed E-state index contributed by atoms with van der Waals surface area (Å²) in [6.45, 7) is 6.35. The minimum atomic E-state index is -0.298. The maximum atomic E-state index is 11.3. The van der Waals surface area contributed by atoms with E-state index >= 15 is 0 Å². The summed E-state index contributed by atoms with van der Waals surface area (Å²) in [4.78, 5) is 11.3. The molecule has 0 heterocycles. The van der Waals surface area contributed by atoms with Crippen molar-refractivity contribution in [2.45, 2.75) is 46.5 Å². The molecule has 3 heteroatoms. The predicted octanol–water partition coefficient (Wildman–Crippen LogP) is 2.90. The van der Waals surface area contributed by atoms with Crippen molar-refractivity contribution >= 4 is 5.91 Å². The zero-order valence-corrected chi connectivity index (χ0v) is 10.5. The normalized spacial score (nSPS) is 22.8. The first-order valence-corrected chi connectivity index (χ1v) is 6.17. The van der Waals surface area contributed by atoms with Crippen molar-refractivity contribution in [3.63, 3.8) is 0 Å². The Morgan fingerprint density at radius 3 is 2.69 bits per heavy atom. The van der Waals surface area contributed by atoms with Crippen LogP contribution in [0.25, 0.3) is 0 Å². The summed E-state index contributed by atoms with van der Waals surface area (Å²) in [5, 5.41) is 8.58. The monoisotopic (exact) mass is 225 g/mol. The first-order chi connectivity index (χ1) is 7.54. The van der Waals surface area contributed by atoms with Crippen LogP contribution >= 0.6 is 0 Å². The van der Waals surface area contributed by atoms with Crippen LogP contribution in [0.3, 0.4) is 0 Å². The Bertz CT molecular complexity index is 271. The van der Waals surface area contributed by atoms with E-state index < -0.39 is 0 Å². The van der Waals surface area contributed by atoms with E-state index in [2.05, 4.69) is 19.9 Å². The summed E-state index contributed by atoms with van der Waals surface area (Å²) >= 11 is 0. The van der Waals surface area contributed by atoms with Crippen molar-refractivity contribution < 1.29 is 10.0 Å². The van der Waals surface area contributed by atoms with Crippen LogP contribution in [0.1, 0.15) is 46.5 Å². The Morgan fingerprint density at radius 1 is 1.56 bits per heavy atom. The zero-order chi connectivity index (χ0) is 12.1. The van der Waals surface area contributed by atoms with Gasteiger partial charge in [-0.05, 0) is 44.4 Å². The molecule has 2 atom stereocenters. The fraction of sp³-hybridized carbons (Fsp3) is 0.769. The smallest absolute Gasteiger partial charge is 0.250 e. The number of hydroxylamine groups is 1. The molecule has 0 aliphatic heterocycles. The average molecular weight is 225 g/mol. The summed E-state index contributed by atoms with van der Waals surface area (Å²) in [6, 6.07) is 0. The maximum Gasteiger partial charge on any atom is 0.250 e. The van der Waals surface area contributed by atoms with Crippen molar-refractivity contribution in [3.8, 4) is 0 Å². The van der Waals surface area contributed by atoms with Crippen molar-refractivity contribution in [2.75, 3.05) is 0 Å². The van der Waals surface area contributed by atoms with Crippen LogP contribution in [-0.2, 0) is 4.79 Å². The molecule has 0 aromatic rings. The third-order valence-electron chi connectivity index (χ3n) is 3.42. The van der Waals surface area contributed by atoms with E-state index in [1.54, 1.807) is 5.48 Å². The fourth-order valence-electron chi connectivity index (χ4n) is 2.45. The van der Waals surface area contributed by atoms with Crippen LogP contribution < -0.4 is 5.48 Å². The Hall–Kier alpha value is -0.830. The van der Waals surface area contributed by atoms with Gasteiger partial charge in [0, 0.05) is 0 Å². The second-order valence-electron chi connectivity index (χ2n) is 5.25. The second-order valence-corrected chi connectivity index (χ2v) is 5.25. The minimum absolute atomic E-state index is 0.190. The van der Waals surface area contributed by atoms with Gasteiger partial charge < -0.3 is 0 Å². The van der Waals surface area contributed by atoms with Crippen molar-refractivity contribution in [1.29, 1.82) is 0 Å². The molecule has 2 N–H and O–H groups in total. The lowest BCUT2D eigenvalue weighted by Crippen LogP contribution is -2.28. The van der Waals surface area contributed by atoms with Gasteiger partial charge in [0.1, 0.15) is 0 Å². The molecule has 1 aliphatic carbocycles. The molecule has 0 unspecified atom stereocenters. The van der Waals surface area contributed by atoms with E-state index in [4.69, 9.17) is 5.21 Å². The SMILES string of the molecule is CC(C)C[C@H]1CC=C([C@H](C)C(=O)NO)CC1. The number of nitrogens with one attached hydrogen (secondary N) is 1. The molecule has 1 amide bonds. The molecule has 92 valence electrons. The predicted molar refractivity (Wildman–Crippen MR) is 64.0 cm³/mol. The lowest BCUT2D eigenvalue weighted by Gasteiger charge is -2.25. The highest BCUT2D eigenvalue weighted by Gasteiger charge is 2.22. The van der Waals surface area contributed by atoms with Crippen LogP contribution in [-0.4, -0.2) is 11.1 Å². The molecular weight excluding hydrogens is 202 g/mol. The molecule has 1 aliphatic rings. The number of amides is 1. The summed E-state index contributed by atoms with van der Waals surface area (Å²) in [5.74, 6) is 1.03. The van der Waals surface area contributed by atoms with Crippen molar-refractivity contribution in [1.82, 2.24) is 5.48 Å². The van der Waals surface area contributed by atoms with Gasteiger partial charge in [-0.25, -0.2) is 5.48 Å². The van der Waals surface area contributed by atoms with Crippen molar-refractivity contribution in [3.05, 3.63) is 11.6 Å². The Labute approximate surface area is 97.9 Å². The quantitative estimate of drug-likeness (QED) is 0.439. The van der Waals surface area contributed by atoms with Gasteiger partial charge in [0.15, 0.2) is 0 Å². The number of carbonyl (C=O) groups is 1. The molecule has 16 heavy (non-hydrogen) atoms. The lowest BCUT2D eigenvalue weighted by atomic mass is 9.81. The molecule has 3 nitrogen and oxygen atoms in total. The molecule has 0 fully saturated rings. The molecule has 0 aromatic carbocycles. The van der Waals surface area contributed by atoms with Crippen LogP contribution in [0.5, 0.6) is 0 Å². The van der Waals surface area contributed by atoms with Gasteiger partial charge in [-0.2, -0.15) is 0 Å². The standard InChI is InChI=1S/C13H23NO2/c1-9(2)8-11-4-6-12(7-5-11)10(3)13(15)14-16/h6,9-11,16H,4-5,7-8H2,1-3H3,(H,14,15)/t10-,11-/m0/s1. The number of carbonyl (C=O) groups excluding carboxylic acids is 1. The topological polar surface area (TPSA) is 49.3 Å². The average Bonchev–Trinajstić information content (AvgIpc) is 2.27. The third-order valence-corrected chi connectivity index (χ3v) is 3.42. The first-order valence-electron chi connectivity index (χ1n) is 6.17. The first kappa shape index (κ1) is 13.2. The van der Waals surface area contributed by atoms with Gasteiger partial charge in [-0.1, -0.05) is 25.5 Å². The van der Waals surface area contributed by atoms with Crippen LogP contribution in [0.4, 0.5) is 0 Å². The number of hydrogen-bond acceptors (Lipinski definition) is 2. The van der Waals surface area contributed by atoms with E-state index in [1.165, 1.54) is 18.4 Å². The highest BCUT2D eigenvalue weighted by Crippen LogP contribution is 2.31. The minimum Gasteiger partial charge on any atom is -0.289 e. The van der Waals surface area contributed by atoms with Gasteiger partial charge in [0.05, 0.1) is 5.92 Å². The molecule has 1 rings (SSSR count). The van der Waals surface area contributed by atoms with E-state index in [9.17, 15) is 4.79 Å². The number of rotatable bonds is 4. The van der Waals surface area contributed by atoms with Gasteiger partial charge >= 0.3 is 0 Å². The van der Waals surface area contributed by atoms with E-state index in [-0.39, 0.29) is 11.8 Å². The summed E-state index contributed by atoms with van der Waals surface area (Å²) in [6.07, 6.45) is 6.70. The molecule has 0 spiro atoms. The molecule has 0 saturated heterocycles. The number of allylic oxidation sites excluding steroid dienone is 1. The van der Waals surface area contributed by atoms with E-state index in [0.29, 0.717) is 0 Å². The highest BCUT2D eigenvalue weighted by molar-refractivity contribution is 5.79. The molecule has 0 aromatic heterocycles. The number of hydrogen-bond donors (Lipinski definition) is 2. The van der Waals surface area contributed by atoms with Gasteiger partial charge in [0.25, 0.3) is 0 Å². The van der Waals surface area contributed by atoms with Gasteiger partial charge in [-0.15, -0.1) is 0 Å². The Kier molecular flexibility index (Phi) is 5.00. The summed E-state index contributed by atoms with van der Waals surface area (Å²) < 4.78 is 0. The van der Waals surface area contributed by atoms with Crippen LogP contribution in [0.15, 0.2) is 11.6 Å².